The van der Waals surface area contributed by atoms with E-state index in [4.69, 9.17) is 4.42 Å². The molecule has 0 unspecified atom stereocenters. The lowest BCUT2D eigenvalue weighted by Gasteiger charge is -2.02. The van der Waals surface area contributed by atoms with E-state index >= 15 is 0 Å². The van der Waals surface area contributed by atoms with Crippen LogP contribution in [0.2, 0.25) is 0 Å². The van der Waals surface area contributed by atoms with Crippen LogP contribution in [-0.2, 0) is 0 Å². The number of nitrogens with zero attached hydrogens (tertiary/aromatic N) is 3. The van der Waals surface area contributed by atoms with Crippen molar-refractivity contribution in [1.82, 2.24) is 19.9 Å². The van der Waals surface area contributed by atoms with Gasteiger partial charge < -0.3 is 4.42 Å². The Balaban J connectivity index is 2.50. The quantitative estimate of drug-likeness (QED) is 0.521. The number of fused-ring (bicyclic) bond motifs is 2. The third-order valence-corrected chi connectivity index (χ3v) is 2.07. The Morgan fingerprint density at radius 3 is 2.94 bits per heavy atom. The van der Waals surface area contributed by atoms with Gasteiger partial charge in [-0.3, -0.25) is 4.98 Å². The lowest BCUT2D eigenvalue weighted by atomic mass is 10.2. The Hall–Kier alpha value is -2.57. The minimum atomic E-state index is -0.632. The molecule has 0 bridgehead atoms. The topological polar surface area (TPSA) is 102 Å². The van der Waals surface area contributed by atoms with Gasteiger partial charge in [-0.1, -0.05) is 0 Å². The van der Waals surface area contributed by atoms with Gasteiger partial charge in [-0.05, 0) is 6.07 Å². The molecule has 2 aliphatic heterocycles. The van der Waals surface area contributed by atoms with Crippen molar-refractivity contribution in [2.75, 3.05) is 0 Å². The molecule has 0 radical (unpaired) electrons. The number of aromatic nitrogens is 4. The first-order chi connectivity index (χ1) is 7.72. The fraction of sp³-hybridized carbons (Fsp3) is 0. The molecule has 7 nitrogen and oxygen atoms in total. The molecule has 1 aromatic rings. The second kappa shape index (κ2) is 2.96. The van der Waals surface area contributed by atoms with Gasteiger partial charge >= 0.3 is 11.4 Å². The van der Waals surface area contributed by atoms with Gasteiger partial charge in [0.25, 0.3) is 0 Å². The van der Waals surface area contributed by atoms with Gasteiger partial charge in [-0.2, -0.15) is 9.97 Å². The lowest BCUT2D eigenvalue weighted by molar-refractivity contribution is 0.579. The van der Waals surface area contributed by atoms with E-state index in [1.54, 1.807) is 6.07 Å². The van der Waals surface area contributed by atoms with Crippen molar-refractivity contribution >= 4 is 11.1 Å². The Morgan fingerprint density at radius 1 is 1.19 bits per heavy atom. The predicted molar refractivity (Wildman–Crippen MR) is 53.1 cm³/mol. The summed E-state index contributed by atoms with van der Waals surface area (Å²) >= 11 is 0. The summed E-state index contributed by atoms with van der Waals surface area (Å²) in [6.45, 7) is 0. The van der Waals surface area contributed by atoms with Crippen LogP contribution in [0, 0.1) is 0 Å². The molecule has 0 fully saturated rings. The molecule has 3 rings (SSSR count). The third kappa shape index (κ3) is 1.26. The second-order valence-corrected chi connectivity index (χ2v) is 3.13. The van der Waals surface area contributed by atoms with Crippen LogP contribution in [0.4, 0.5) is 0 Å². The Labute approximate surface area is 87.2 Å². The van der Waals surface area contributed by atoms with Crippen LogP contribution in [0.15, 0.2) is 32.5 Å². The molecule has 0 amide bonds. The predicted octanol–water partition coefficient (Wildman–Crippen LogP) is -0.229. The van der Waals surface area contributed by atoms with E-state index in [0.29, 0.717) is 10.9 Å². The minimum absolute atomic E-state index is 0.134. The van der Waals surface area contributed by atoms with Crippen LogP contribution in [0.1, 0.15) is 0 Å². The summed E-state index contributed by atoms with van der Waals surface area (Å²) in [5.74, 6) is 0.134. The highest BCUT2D eigenvalue weighted by Crippen LogP contribution is 2.21. The molecule has 0 atom stereocenters. The van der Waals surface area contributed by atoms with Crippen molar-refractivity contribution in [3.63, 3.8) is 0 Å². The van der Waals surface area contributed by atoms with Crippen molar-refractivity contribution in [2.45, 2.75) is 0 Å². The van der Waals surface area contributed by atoms with E-state index in [1.807, 2.05) is 0 Å². The van der Waals surface area contributed by atoms with Crippen LogP contribution in [-0.4, -0.2) is 19.9 Å². The van der Waals surface area contributed by atoms with E-state index in [1.165, 1.54) is 12.4 Å². The number of H-pyrrole nitrogens is 1. The Bertz CT molecular complexity index is 752. The van der Waals surface area contributed by atoms with E-state index in [9.17, 15) is 9.59 Å². The standard InChI is InChI=1S/C9H4N4O3/c14-8-10-2-4-1-5-3-11-9(15)13-7(5)16-6(4)12-8/h1-3H,(H,10,12,14). The monoisotopic (exact) mass is 216 g/mol. The molecular weight excluding hydrogens is 212 g/mol. The highest BCUT2D eigenvalue weighted by Gasteiger charge is 2.10. The van der Waals surface area contributed by atoms with Gasteiger partial charge in [0.1, 0.15) is 0 Å². The zero-order valence-corrected chi connectivity index (χ0v) is 7.80. The maximum atomic E-state index is 11.0. The van der Waals surface area contributed by atoms with Gasteiger partial charge in [-0.15, -0.1) is 0 Å². The summed E-state index contributed by atoms with van der Waals surface area (Å²) in [6.07, 6.45) is 2.74. The molecule has 0 spiro atoms. The molecular formula is C9H4N4O3. The third-order valence-electron chi connectivity index (χ3n) is 2.07. The normalized spacial score (nSPS) is 11.0. The van der Waals surface area contributed by atoms with Crippen molar-refractivity contribution in [2.24, 2.45) is 0 Å². The summed E-state index contributed by atoms with van der Waals surface area (Å²) in [4.78, 5) is 34.9. The average molecular weight is 216 g/mol. The molecule has 78 valence electrons. The first-order valence-corrected chi connectivity index (χ1v) is 4.38. The smallest absolute Gasteiger partial charge is 0.370 e. The number of aromatic amines is 1. The number of hydrogen-bond acceptors (Lipinski definition) is 6. The zero-order valence-electron chi connectivity index (χ0n) is 7.80. The van der Waals surface area contributed by atoms with Crippen molar-refractivity contribution in [1.29, 1.82) is 0 Å². The Morgan fingerprint density at radius 2 is 2.06 bits per heavy atom. The van der Waals surface area contributed by atoms with Gasteiger partial charge in [0, 0.05) is 12.4 Å². The molecule has 3 heterocycles. The summed E-state index contributed by atoms with van der Waals surface area (Å²) < 4.78 is 5.26. The SMILES string of the molecule is O=c1ncc2cc3cnc(=O)[nH]c3oc-2n1. The largest absolute Gasteiger partial charge is 0.421 e. The molecule has 0 aromatic carbocycles. The second-order valence-electron chi connectivity index (χ2n) is 3.13. The first kappa shape index (κ1) is 8.72. The molecule has 7 heteroatoms. The van der Waals surface area contributed by atoms with Crippen LogP contribution in [0.3, 0.4) is 0 Å². The van der Waals surface area contributed by atoms with Crippen molar-refractivity contribution in [3.8, 4) is 11.5 Å². The van der Waals surface area contributed by atoms with E-state index in [-0.39, 0.29) is 11.6 Å². The van der Waals surface area contributed by atoms with E-state index in [0.717, 1.165) is 0 Å². The molecule has 0 aliphatic carbocycles. The summed E-state index contributed by atoms with van der Waals surface area (Å²) in [6, 6.07) is 1.68. The lowest BCUT2D eigenvalue weighted by Crippen LogP contribution is -2.12. The van der Waals surface area contributed by atoms with E-state index < -0.39 is 11.4 Å². The van der Waals surface area contributed by atoms with Crippen LogP contribution in [0.25, 0.3) is 22.6 Å². The van der Waals surface area contributed by atoms with Gasteiger partial charge in [0.15, 0.2) is 0 Å². The summed E-state index contributed by atoms with van der Waals surface area (Å²) in [7, 11) is 0. The van der Waals surface area contributed by atoms with Gasteiger partial charge in [0.2, 0.25) is 11.6 Å². The molecule has 1 N–H and O–H groups in total. The van der Waals surface area contributed by atoms with Crippen molar-refractivity contribution < 1.29 is 4.42 Å². The minimum Gasteiger partial charge on any atom is -0.421 e. The molecule has 1 aromatic heterocycles. The molecule has 2 aliphatic rings. The van der Waals surface area contributed by atoms with Crippen molar-refractivity contribution in [3.05, 3.63) is 39.4 Å². The summed E-state index contributed by atoms with van der Waals surface area (Å²) in [5, 5.41) is 0.606. The van der Waals surface area contributed by atoms with Crippen LogP contribution in [0.5, 0.6) is 0 Å². The van der Waals surface area contributed by atoms with Crippen LogP contribution < -0.4 is 11.4 Å². The zero-order chi connectivity index (χ0) is 11.1. The number of hydrogen-bond donors (Lipinski definition) is 1. The Kier molecular flexibility index (Phi) is 1.61. The van der Waals surface area contributed by atoms with E-state index in [2.05, 4.69) is 19.9 Å². The number of nitrogens with one attached hydrogen (secondary N) is 1. The maximum absolute atomic E-state index is 11.0. The molecule has 0 saturated carbocycles. The fourth-order valence-corrected chi connectivity index (χ4v) is 1.38. The first-order valence-electron chi connectivity index (χ1n) is 4.38. The van der Waals surface area contributed by atoms with Gasteiger partial charge in [-0.25, -0.2) is 14.6 Å². The fourth-order valence-electron chi connectivity index (χ4n) is 1.38. The molecule has 16 heavy (non-hydrogen) atoms. The summed E-state index contributed by atoms with van der Waals surface area (Å²) in [5.41, 5.74) is -0.356. The number of rotatable bonds is 0. The highest BCUT2D eigenvalue weighted by atomic mass is 16.4. The highest BCUT2D eigenvalue weighted by molar-refractivity contribution is 5.77. The average Bonchev–Trinajstić information content (AvgIpc) is 2.26. The molecule has 0 saturated heterocycles. The van der Waals surface area contributed by atoms with Crippen LogP contribution >= 0.6 is 0 Å². The van der Waals surface area contributed by atoms with Gasteiger partial charge in [0.05, 0.1) is 10.9 Å². The maximum Gasteiger partial charge on any atom is 0.370 e.